The summed E-state index contributed by atoms with van der Waals surface area (Å²) in [6, 6.07) is 15.0. The molecule has 2 aromatic heterocycles. The number of nitrogens with one attached hydrogen (secondary N) is 3. The van der Waals surface area contributed by atoms with Gasteiger partial charge in [-0.05, 0) is 117 Å². The minimum absolute atomic E-state index is 0.00741. The molecule has 1 saturated heterocycles. The van der Waals surface area contributed by atoms with E-state index >= 15 is 0 Å². The van der Waals surface area contributed by atoms with Gasteiger partial charge in [-0.2, -0.15) is 4.98 Å². The molecular formula is C43H52N8O4. The van der Waals surface area contributed by atoms with E-state index in [1.165, 1.54) is 38.5 Å². The van der Waals surface area contributed by atoms with Crippen LogP contribution in [0.1, 0.15) is 63.4 Å². The summed E-state index contributed by atoms with van der Waals surface area (Å²) >= 11 is 0. The molecule has 6 aliphatic rings. The standard InChI is InChI=1S/C43H52N8O4/c1-27-16-39(53)51(34-5-3-4-32(20-34)46-41(54)31-6-7-31)40-35(27)26-45-42(48-40)47-36-9-8-33(21-37(36)55-2)50-14-12-49(13-15-50)11-10-44-38(52)25-43-22-28-17-29(23-43)19-30(18-28)24-43/h3-5,8-9,16,20-21,26,28-31H,6-7,10-15,17-19,22-25H2,1-2H3,(H,44,52)(H,46,54)(H,45,47,48). The molecule has 6 fully saturated rings. The molecule has 0 atom stereocenters. The first kappa shape index (κ1) is 35.7. The molecule has 0 radical (unpaired) electrons. The number of hydrogen-bond acceptors (Lipinski definition) is 9. The first-order valence-electron chi connectivity index (χ1n) is 20.2. The fourth-order valence-electron chi connectivity index (χ4n) is 10.5. The van der Waals surface area contributed by atoms with Gasteiger partial charge in [-0.3, -0.25) is 23.9 Å². The van der Waals surface area contributed by atoms with E-state index < -0.39 is 0 Å². The SMILES string of the molecule is COc1cc(N2CCN(CCNC(=O)CC34CC5CC(CC(C5)C3)C4)CC2)ccc1Nc1ncc2c(C)cc(=O)n(-c3cccc(NC(=O)C4CC4)c3)c2n1. The lowest BCUT2D eigenvalue weighted by Crippen LogP contribution is -2.50. The summed E-state index contributed by atoms with van der Waals surface area (Å²) in [5, 5.41) is 10.3. The Bertz CT molecular complexity index is 2140. The van der Waals surface area contributed by atoms with Crippen molar-refractivity contribution in [3.05, 3.63) is 70.6 Å². The predicted molar refractivity (Wildman–Crippen MR) is 214 cm³/mol. The maximum absolute atomic E-state index is 13.4. The zero-order chi connectivity index (χ0) is 37.7. The second kappa shape index (κ2) is 14.6. The van der Waals surface area contributed by atoms with Crippen LogP contribution in [0.15, 0.2) is 59.5 Å². The number of fused-ring (bicyclic) bond motifs is 1. The summed E-state index contributed by atoms with van der Waals surface area (Å²) in [4.78, 5) is 53.1. The van der Waals surface area contributed by atoms with Gasteiger partial charge >= 0.3 is 0 Å². The highest BCUT2D eigenvalue weighted by molar-refractivity contribution is 5.94. The van der Waals surface area contributed by atoms with Crippen molar-refractivity contribution in [3.63, 3.8) is 0 Å². The monoisotopic (exact) mass is 744 g/mol. The van der Waals surface area contributed by atoms with Crippen LogP contribution in [0, 0.1) is 36.0 Å². The van der Waals surface area contributed by atoms with Gasteiger partial charge in [0.25, 0.3) is 5.56 Å². The first-order chi connectivity index (χ1) is 26.7. The highest BCUT2D eigenvalue weighted by Gasteiger charge is 2.51. The molecule has 2 aromatic carbocycles. The topological polar surface area (TPSA) is 134 Å². The van der Waals surface area contributed by atoms with Crippen LogP contribution in [0.25, 0.3) is 16.7 Å². The second-order valence-corrected chi connectivity index (χ2v) is 17.0. The molecule has 10 rings (SSSR count). The van der Waals surface area contributed by atoms with Gasteiger partial charge in [0.15, 0.2) is 5.65 Å². The lowest BCUT2D eigenvalue weighted by Gasteiger charge is -2.56. The van der Waals surface area contributed by atoms with Gasteiger partial charge in [0.2, 0.25) is 17.8 Å². The molecule has 3 heterocycles. The zero-order valence-corrected chi connectivity index (χ0v) is 32.0. The van der Waals surface area contributed by atoms with Crippen LogP contribution in [0.4, 0.5) is 23.0 Å². The molecule has 0 unspecified atom stereocenters. The largest absolute Gasteiger partial charge is 0.494 e. The fourth-order valence-corrected chi connectivity index (χ4v) is 10.5. The van der Waals surface area contributed by atoms with Crippen molar-refractivity contribution in [2.45, 2.75) is 64.7 Å². The van der Waals surface area contributed by atoms with E-state index in [1.54, 1.807) is 30.0 Å². The number of aromatic nitrogens is 3. The zero-order valence-electron chi connectivity index (χ0n) is 32.0. The smallest absolute Gasteiger partial charge is 0.257 e. The number of carbonyl (C=O) groups is 2. The van der Waals surface area contributed by atoms with Gasteiger partial charge < -0.3 is 25.6 Å². The molecule has 3 N–H and O–H groups in total. The number of benzene rings is 2. The molecule has 0 spiro atoms. The normalized spacial score (nSPS) is 24.5. The van der Waals surface area contributed by atoms with Crippen molar-refractivity contribution < 1.29 is 14.3 Å². The van der Waals surface area contributed by atoms with Crippen LogP contribution in [0.5, 0.6) is 5.75 Å². The Balaban J connectivity index is 0.825. The lowest BCUT2D eigenvalue weighted by atomic mass is 9.49. The van der Waals surface area contributed by atoms with Crippen LogP contribution in [-0.2, 0) is 9.59 Å². The van der Waals surface area contributed by atoms with Crippen molar-refractivity contribution in [3.8, 4) is 11.4 Å². The Morgan fingerprint density at radius 3 is 2.38 bits per heavy atom. The summed E-state index contributed by atoms with van der Waals surface area (Å²) in [5.74, 6) is 3.93. The Morgan fingerprint density at radius 1 is 0.927 bits per heavy atom. The lowest BCUT2D eigenvalue weighted by molar-refractivity contribution is -0.129. The van der Waals surface area contributed by atoms with Crippen molar-refractivity contribution in [1.82, 2.24) is 24.8 Å². The summed E-state index contributed by atoms with van der Waals surface area (Å²) in [6.45, 7) is 7.07. The van der Waals surface area contributed by atoms with E-state index in [0.717, 1.165) is 86.4 Å². The third-order valence-electron chi connectivity index (χ3n) is 12.9. The molecule has 4 bridgehead atoms. The number of pyridine rings is 1. The highest BCUT2D eigenvalue weighted by Crippen LogP contribution is 2.61. The summed E-state index contributed by atoms with van der Waals surface area (Å²) in [6.07, 6.45) is 12.3. The number of methoxy groups -OCH3 is 1. The molecule has 55 heavy (non-hydrogen) atoms. The average molecular weight is 745 g/mol. The maximum Gasteiger partial charge on any atom is 0.257 e. The van der Waals surface area contributed by atoms with E-state index in [2.05, 4.69) is 36.8 Å². The summed E-state index contributed by atoms with van der Waals surface area (Å²) in [5.41, 5.74) is 4.32. The van der Waals surface area contributed by atoms with Crippen LogP contribution in [0.3, 0.4) is 0 Å². The van der Waals surface area contributed by atoms with Gasteiger partial charge in [-0.15, -0.1) is 0 Å². The van der Waals surface area contributed by atoms with Crippen LogP contribution >= 0.6 is 0 Å². The number of piperazine rings is 1. The molecule has 2 amide bonds. The van der Waals surface area contributed by atoms with Crippen LogP contribution in [-0.4, -0.2) is 77.6 Å². The summed E-state index contributed by atoms with van der Waals surface area (Å²) in [7, 11) is 1.65. The molecule has 288 valence electrons. The number of carbonyl (C=O) groups excluding carboxylic acids is 2. The minimum atomic E-state index is -0.223. The number of amides is 2. The summed E-state index contributed by atoms with van der Waals surface area (Å²) < 4.78 is 7.39. The number of ether oxygens (including phenoxy) is 1. The minimum Gasteiger partial charge on any atom is -0.494 e. The van der Waals surface area contributed by atoms with Crippen LogP contribution < -0.4 is 31.1 Å². The van der Waals surface area contributed by atoms with Gasteiger partial charge in [0.1, 0.15) is 5.75 Å². The van der Waals surface area contributed by atoms with Gasteiger partial charge in [-0.1, -0.05) is 6.07 Å². The Labute approximate surface area is 322 Å². The van der Waals surface area contributed by atoms with E-state index in [0.29, 0.717) is 41.0 Å². The van der Waals surface area contributed by atoms with Crippen molar-refractivity contribution >= 4 is 45.9 Å². The third kappa shape index (κ3) is 7.53. The van der Waals surface area contributed by atoms with Gasteiger partial charge in [0, 0.05) is 86.7 Å². The number of hydrogen-bond donors (Lipinski definition) is 3. The number of nitrogens with zero attached hydrogens (tertiary/aromatic N) is 5. The Kier molecular flexibility index (Phi) is 9.48. The van der Waals surface area contributed by atoms with E-state index in [1.807, 2.05) is 37.3 Å². The number of aryl methyl sites for hydroxylation is 1. The second-order valence-electron chi connectivity index (χ2n) is 17.0. The van der Waals surface area contributed by atoms with Crippen LogP contribution in [0.2, 0.25) is 0 Å². The molecule has 4 aromatic rings. The maximum atomic E-state index is 13.4. The predicted octanol–water partition coefficient (Wildman–Crippen LogP) is 6.03. The van der Waals surface area contributed by atoms with E-state index in [-0.39, 0.29) is 28.7 Å². The fraction of sp³-hybridized carbons (Fsp3) is 0.512. The number of rotatable bonds is 12. The Hall–Kier alpha value is -4.97. The molecule has 12 heteroatoms. The molecule has 1 aliphatic heterocycles. The first-order valence-corrected chi connectivity index (χ1v) is 20.2. The molecular weight excluding hydrogens is 693 g/mol. The van der Waals surface area contributed by atoms with Gasteiger partial charge in [-0.25, -0.2) is 4.98 Å². The molecule has 5 saturated carbocycles. The number of anilines is 4. The Morgan fingerprint density at radius 2 is 1.67 bits per heavy atom. The third-order valence-corrected chi connectivity index (χ3v) is 12.9. The van der Waals surface area contributed by atoms with Crippen molar-refractivity contribution in [2.75, 3.05) is 61.9 Å². The molecule has 5 aliphatic carbocycles. The highest BCUT2D eigenvalue weighted by atomic mass is 16.5. The molecule has 12 nitrogen and oxygen atoms in total. The van der Waals surface area contributed by atoms with Gasteiger partial charge in [0.05, 0.1) is 18.5 Å². The van der Waals surface area contributed by atoms with E-state index in [9.17, 15) is 14.4 Å². The van der Waals surface area contributed by atoms with Crippen molar-refractivity contribution in [2.24, 2.45) is 29.1 Å². The average Bonchev–Trinajstić information content (AvgIpc) is 4.01. The quantitative estimate of drug-likeness (QED) is 0.159. The van der Waals surface area contributed by atoms with E-state index in [4.69, 9.17) is 9.72 Å². The van der Waals surface area contributed by atoms with Crippen molar-refractivity contribution in [1.29, 1.82) is 0 Å².